The quantitative estimate of drug-likeness (QED) is 0.451. The molecule has 0 saturated heterocycles. The first kappa shape index (κ1) is 22.2. The van der Waals surface area contributed by atoms with E-state index in [1.807, 2.05) is 0 Å². The Labute approximate surface area is 161 Å². The SMILES string of the molecule is CCCC1CCC(CCF)CC1.Fc1ccc(C2CCC(F)CC2)cc1F. The molecule has 1 aromatic carbocycles. The van der Waals surface area contributed by atoms with Gasteiger partial charge in [-0.2, -0.15) is 0 Å². The Morgan fingerprint density at radius 1 is 0.815 bits per heavy atom. The molecule has 0 amide bonds. The maximum absolute atomic E-state index is 13.0. The molecule has 154 valence electrons. The highest BCUT2D eigenvalue weighted by Gasteiger charge is 2.22. The van der Waals surface area contributed by atoms with Crippen LogP contribution in [0.2, 0.25) is 0 Å². The van der Waals surface area contributed by atoms with E-state index in [1.54, 1.807) is 6.07 Å². The molecule has 2 aliphatic carbocycles. The van der Waals surface area contributed by atoms with Crippen LogP contribution >= 0.6 is 0 Å². The Bertz CT molecular complexity index is 515. The van der Waals surface area contributed by atoms with Crippen LogP contribution in [0.5, 0.6) is 0 Å². The van der Waals surface area contributed by atoms with Gasteiger partial charge in [-0.1, -0.05) is 51.5 Å². The summed E-state index contributed by atoms with van der Waals surface area (Å²) < 4.78 is 50.6. The van der Waals surface area contributed by atoms with E-state index in [1.165, 1.54) is 44.6 Å². The standard InChI is InChI=1S/C12H13F3.C11H21F/c13-10-4-1-8(2-5-10)9-3-6-11(14)12(15)7-9;1-2-3-10-4-6-11(7-5-10)8-9-12/h3,6-8,10H,1-2,4-5H2;10-11H,2-9H2,1H3. The van der Waals surface area contributed by atoms with E-state index < -0.39 is 17.8 Å². The highest BCUT2D eigenvalue weighted by Crippen LogP contribution is 2.34. The van der Waals surface area contributed by atoms with Crippen molar-refractivity contribution in [3.63, 3.8) is 0 Å². The van der Waals surface area contributed by atoms with Crippen molar-refractivity contribution in [3.8, 4) is 0 Å². The van der Waals surface area contributed by atoms with Crippen molar-refractivity contribution in [1.82, 2.24) is 0 Å². The van der Waals surface area contributed by atoms with Crippen molar-refractivity contribution in [2.24, 2.45) is 11.8 Å². The summed E-state index contributed by atoms with van der Waals surface area (Å²) in [5, 5.41) is 0. The molecular formula is C23H34F4. The summed E-state index contributed by atoms with van der Waals surface area (Å²) in [4.78, 5) is 0. The van der Waals surface area contributed by atoms with Gasteiger partial charge >= 0.3 is 0 Å². The Morgan fingerprint density at radius 2 is 1.41 bits per heavy atom. The van der Waals surface area contributed by atoms with Crippen molar-refractivity contribution in [3.05, 3.63) is 35.4 Å². The van der Waals surface area contributed by atoms with Crippen LogP contribution in [0.15, 0.2) is 18.2 Å². The van der Waals surface area contributed by atoms with Crippen LogP contribution in [0.3, 0.4) is 0 Å². The van der Waals surface area contributed by atoms with E-state index in [0.717, 1.165) is 36.8 Å². The summed E-state index contributed by atoms with van der Waals surface area (Å²) in [6.07, 6.45) is 10.6. The van der Waals surface area contributed by atoms with Crippen molar-refractivity contribution in [2.45, 2.75) is 89.6 Å². The van der Waals surface area contributed by atoms with Gasteiger partial charge in [-0.05, 0) is 67.6 Å². The zero-order valence-electron chi connectivity index (χ0n) is 16.5. The van der Waals surface area contributed by atoms with E-state index in [4.69, 9.17) is 0 Å². The summed E-state index contributed by atoms with van der Waals surface area (Å²) in [7, 11) is 0. The third kappa shape index (κ3) is 7.46. The first-order valence-electron chi connectivity index (χ1n) is 10.7. The molecule has 0 radical (unpaired) electrons. The van der Waals surface area contributed by atoms with E-state index in [-0.39, 0.29) is 12.6 Å². The molecule has 0 spiro atoms. The summed E-state index contributed by atoms with van der Waals surface area (Å²) in [6.45, 7) is 2.15. The second-order valence-corrected chi connectivity index (χ2v) is 8.28. The second-order valence-electron chi connectivity index (χ2n) is 8.28. The molecule has 1 aromatic rings. The van der Waals surface area contributed by atoms with Crippen LogP contribution in [0.1, 0.15) is 89.0 Å². The molecule has 3 rings (SSSR count). The Balaban J connectivity index is 0.000000199. The summed E-state index contributed by atoms with van der Waals surface area (Å²) in [5.74, 6) is 0.230. The number of rotatable bonds is 5. The fourth-order valence-corrected chi connectivity index (χ4v) is 4.52. The molecule has 0 atom stereocenters. The summed E-state index contributed by atoms with van der Waals surface area (Å²) in [5.41, 5.74) is 0.792. The van der Waals surface area contributed by atoms with Gasteiger partial charge in [-0.25, -0.2) is 13.2 Å². The number of alkyl halides is 2. The average molecular weight is 387 g/mol. The van der Waals surface area contributed by atoms with Gasteiger partial charge in [-0.3, -0.25) is 4.39 Å². The van der Waals surface area contributed by atoms with Gasteiger partial charge in [0.05, 0.1) is 6.67 Å². The van der Waals surface area contributed by atoms with Crippen LogP contribution in [-0.2, 0) is 0 Å². The molecule has 2 fully saturated rings. The highest BCUT2D eigenvalue weighted by molar-refractivity contribution is 5.22. The number of benzene rings is 1. The molecule has 0 N–H and O–H groups in total. The summed E-state index contributed by atoms with van der Waals surface area (Å²) in [6, 6.07) is 3.98. The molecule has 2 aliphatic rings. The third-order valence-corrected chi connectivity index (χ3v) is 6.25. The number of halogens is 4. The Kier molecular flexibility index (Phi) is 9.64. The topological polar surface area (TPSA) is 0 Å². The van der Waals surface area contributed by atoms with Crippen molar-refractivity contribution >= 4 is 0 Å². The Hall–Kier alpha value is -1.06. The first-order chi connectivity index (χ1) is 13.0. The minimum Gasteiger partial charge on any atom is -0.251 e. The molecule has 2 saturated carbocycles. The molecule has 0 unspecified atom stereocenters. The van der Waals surface area contributed by atoms with Crippen molar-refractivity contribution in [2.75, 3.05) is 6.67 Å². The smallest absolute Gasteiger partial charge is 0.159 e. The average Bonchev–Trinajstić information content (AvgIpc) is 2.67. The van der Waals surface area contributed by atoms with Gasteiger partial charge in [0, 0.05) is 0 Å². The normalized spacial score (nSPS) is 28.3. The lowest BCUT2D eigenvalue weighted by molar-refractivity contribution is 0.235. The van der Waals surface area contributed by atoms with Crippen LogP contribution in [0.25, 0.3) is 0 Å². The largest absolute Gasteiger partial charge is 0.251 e. The predicted octanol–water partition coefficient (Wildman–Crippen LogP) is 7.91. The number of hydrogen-bond acceptors (Lipinski definition) is 0. The zero-order valence-corrected chi connectivity index (χ0v) is 16.5. The van der Waals surface area contributed by atoms with Gasteiger partial charge in [0.1, 0.15) is 6.17 Å². The molecule has 0 aliphatic heterocycles. The maximum Gasteiger partial charge on any atom is 0.159 e. The lowest BCUT2D eigenvalue weighted by atomic mass is 9.79. The lowest BCUT2D eigenvalue weighted by Crippen LogP contribution is -2.14. The molecule has 0 heterocycles. The van der Waals surface area contributed by atoms with Crippen LogP contribution < -0.4 is 0 Å². The van der Waals surface area contributed by atoms with Gasteiger partial charge < -0.3 is 0 Å². The fourth-order valence-electron chi connectivity index (χ4n) is 4.52. The van der Waals surface area contributed by atoms with E-state index in [2.05, 4.69) is 6.92 Å². The molecule has 4 heteroatoms. The minimum atomic E-state index is -0.821. The van der Waals surface area contributed by atoms with Crippen molar-refractivity contribution < 1.29 is 17.6 Å². The fraction of sp³-hybridized carbons (Fsp3) is 0.739. The van der Waals surface area contributed by atoms with Crippen molar-refractivity contribution in [1.29, 1.82) is 0 Å². The van der Waals surface area contributed by atoms with E-state index in [9.17, 15) is 17.6 Å². The molecular weight excluding hydrogens is 352 g/mol. The first-order valence-corrected chi connectivity index (χ1v) is 10.7. The minimum absolute atomic E-state index is 0.108. The van der Waals surface area contributed by atoms with Gasteiger partial charge in [0.15, 0.2) is 11.6 Å². The molecule has 0 nitrogen and oxygen atoms in total. The molecule has 0 bridgehead atoms. The number of hydrogen-bond donors (Lipinski definition) is 0. The Morgan fingerprint density at radius 3 is 1.93 bits per heavy atom. The van der Waals surface area contributed by atoms with Crippen LogP contribution in [0.4, 0.5) is 17.6 Å². The third-order valence-electron chi connectivity index (χ3n) is 6.25. The van der Waals surface area contributed by atoms with E-state index >= 15 is 0 Å². The molecule has 0 aromatic heterocycles. The predicted molar refractivity (Wildman–Crippen MR) is 103 cm³/mol. The highest BCUT2D eigenvalue weighted by atomic mass is 19.2. The van der Waals surface area contributed by atoms with Crippen LogP contribution in [-0.4, -0.2) is 12.8 Å². The second kappa shape index (κ2) is 11.7. The van der Waals surface area contributed by atoms with Crippen LogP contribution in [0, 0.1) is 23.5 Å². The molecule has 27 heavy (non-hydrogen) atoms. The summed E-state index contributed by atoms with van der Waals surface area (Å²) >= 11 is 0. The zero-order chi connectivity index (χ0) is 19.6. The van der Waals surface area contributed by atoms with Gasteiger partial charge in [0.25, 0.3) is 0 Å². The monoisotopic (exact) mass is 386 g/mol. The van der Waals surface area contributed by atoms with Gasteiger partial charge in [0.2, 0.25) is 0 Å². The maximum atomic E-state index is 13.0. The van der Waals surface area contributed by atoms with Gasteiger partial charge in [-0.15, -0.1) is 0 Å². The lowest BCUT2D eigenvalue weighted by Gasteiger charge is -2.27. The van der Waals surface area contributed by atoms with E-state index in [0.29, 0.717) is 18.8 Å².